The molecular formula is C13H13N3O2S. The second kappa shape index (κ2) is 4.97. The maximum Gasteiger partial charge on any atom is 0.253 e. The number of nitrogens with zero attached hydrogens (tertiary/aromatic N) is 1. The Morgan fingerprint density at radius 3 is 3.11 bits per heavy atom. The lowest BCUT2D eigenvalue weighted by atomic mass is 10.1. The Bertz CT molecular complexity index is 631. The topological polar surface area (TPSA) is 81.0 Å². The van der Waals surface area contributed by atoms with Crippen molar-refractivity contribution in [1.82, 2.24) is 9.97 Å². The second-order valence-electron chi connectivity index (χ2n) is 4.34. The minimum absolute atomic E-state index is 0.106. The minimum Gasteiger partial charge on any atom is -0.489 e. The molecular weight excluding hydrogens is 262 g/mol. The van der Waals surface area contributed by atoms with E-state index in [-0.39, 0.29) is 17.5 Å². The van der Waals surface area contributed by atoms with Gasteiger partial charge in [-0.1, -0.05) is 30.0 Å². The number of nitrogens with one attached hydrogen (secondary N) is 1. The van der Waals surface area contributed by atoms with Crippen LogP contribution in [0.5, 0.6) is 5.75 Å². The van der Waals surface area contributed by atoms with Gasteiger partial charge in [0.25, 0.3) is 5.56 Å². The average molecular weight is 275 g/mol. The SMILES string of the molecule is Nc1cc(=O)[nH]c(SCC2Cc3ccccc3O2)n1. The molecule has 0 saturated heterocycles. The molecule has 0 saturated carbocycles. The quantitative estimate of drug-likeness (QED) is 0.654. The molecule has 1 atom stereocenters. The van der Waals surface area contributed by atoms with E-state index in [4.69, 9.17) is 10.5 Å². The molecule has 2 aromatic rings. The zero-order valence-electron chi connectivity index (χ0n) is 10.1. The van der Waals surface area contributed by atoms with E-state index in [9.17, 15) is 4.79 Å². The van der Waals surface area contributed by atoms with Gasteiger partial charge in [-0.05, 0) is 11.6 Å². The summed E-state index contributed by atoms with van der Waals surface area (Å²) >= 11 is 1.44. The van der Waals surface area contributed by atoms with Crippen molar-refractivity contribution in [3.8, 4) is 5.75 Å². The first-order valence-corrected chi connectivity index (χ1v) is 6.93. The maximum atomic E-state index is 11.3. The van der Waals surface area contributed by atoms with Crippen molar-refractivity contribution in [3.05, 3.63) is 46.2 Å². The van der Waals surface area contributed by atoms with Gasteiger partial charge >= 0.3 is 0 Å². The van der Waals surface area contributed by atoms with Gasteiger partial charge in [0, 0.05) is 18.2 Å². The Hall–Kier alpha value is -1.95. The van der Waals surface area contributed by atoms with Crippen molar-refractivity contribution in [2.75, 3.05) is 11.5 Å². The van der Waals surface area contributed by atoms with Crippen molar-refractivity contribution >= 4 is 17.6 Å². The number of aromatic amines is 1. The van der Waals surface area contributed by atoms with Crippen LogP contribution in [0.25, 0.3) is 0 Å². The molecule has 3 rings (SSSR count). The minimum atomic E-state index is -0.231. The van der Waals surface area contributed by atoms with E-state index >= 15 is 0 Å². The molecule has 6 heteroatoms. The van der Waals surface area contributed by atoms with Gasteiger partial charge < -0.3 is 15.5 Å². The molecule has 2 heterocycles. The van der Waals surface area contributed by atoms with E-state index < -0.39 is 0 Å². The van der Waals surface area contributed by atoms with Crippen LogP contribution in [0, 0.1) is 0 Å². The lowest BCUT2D eigenvalue weighted by Crippen LogP contribution is -2.17. The van der Waals surface area contributed by atoms with Crippen LogP contribution in [0.3, 0.4) is 0 Å². The van der Waals surface area contributed by atoms with Crippen LogP contribution in [-0.4, -0.2) is 21.8 Å². The monoisotopic (exact) mass is 275 g/mol. The fourth-order valence-electron chi connectivity index (χ4n) is 2.04. The van der Waals surface area contributed by atoms with Crippen molar-refractivity contribution in [1.29, 1.82) is 0 Å². The summed E-state index contributed by atoms with van der Waals surface area (Å²) in [5.41, 5.74) is 6.53. The summed E-state index contributed by atoms with van der Waals surface area (Å²) in [7, 11) is 0. The fourth-order valence-corrected chi connectivity index (χ4v) is 2.91. The van der Waals surface area contributed by atoms with Crippen molar-refractivity contribution in [2.45, 2.75) is 17.7 Å². The van der Waals surface area contributed by atoms with Gasteiger partial charge in [0.15, 0.2) is 5.16 Å². The van der Waals surface area contributed by atoms with Gasteiger partial charge in [-0.25, -0.2) is 4.98 Å². The fraction of sp³-hybridized carbons (Fsp3) is 0.231. The molecule has 5 nitrogen and oxygen atoms in total. The Balaban J connectivity index is 1.64. The number of nitrogen functional groups attached to an aromatic ring is 1. The molecule has 0 bridgehead atoms. The third-order valence-electron chi connectivity index (χ3n) is 2.86. The van der Waals surface area contributed by atoms with Gasteiger partial charge in [-0.3, -0.25) is 4.79 Å². The zero-order chi connectivity index (χ0) is 13.2. The number of nitrogens with two attached hydrogens (primary N) is 1. The average Bonchev–Trinajstić information content (AvgIpc) is 2.78. The van der Waals surface area contributed by atoms with Crippen molar-refractivity contribution in [3.63, 3.8) is 0 Å². The molecule has 0 spiro atoms. The second-order valence-corrected chi connectivity index (χ2v) is 5.35. The summed E-state index contributed by atoms with van der Waals surface area (Å²) in [4.78, 5) is 18.0. The number of rotatable bonds is 3. The standard InChI is InChI=1S/C13H13N3O2S/c14-11-6-12(17)16-13(15-11)19-7-9-5-8-3-1-2-4-10(8)18-9/h1-4,6,9H,5,7H2,(H3,14,15,16,17). The first-order chi connectivity index (χ1) is 9.20. The number of hydrogen-bond acceptors (Lipinski definition) is 5. The first kappa shape index (κ1) is 12.1. The lowest BCUT2D eigenvalue weighted by Gasteiger charge is -2.09. The number of hydrogen-bond donors (Lipinski definition) is 2. The molecule has 1 unspecified atom stereocenters. The van der Waals surface area contributed by atoms with E-state index in [1.807, 2.05) is 18.2 Å². The zero-order valence-corrected chi connectivity index (χ0v) is 10.9. The van der Waals surface area contributed by atoms with E-state index in [1.165, 1.54) is 23.4 Å². The molecule has 1 aromatic heterocycles. The number of H-pyrrole nitrogens is 1. The molecule has 1 aliphatic rings. The van der Waals surface area contributed by atoms with Crippen molar-refractivity contribution in [2.24, 2.45) is 0 Å². The van der Waals surface area contributed by atoms with E-state index in [2.05, 4.69) is 16.0 Å². The summed E-state index contributed by atoms with van der Waals surface area (Å²) in [6, 6.07) is 9.28. The highest BCUT2D eigenvalue weighted by Gasteiger charge is 2.22. The predicted molar refractivity (Wildman–Crippen MR) is 74.6 cm³/mol. The molecule has 19 heavy (non-hydrogen) atoms. The first-order valence-electron chi connectivity index (χ1n) is 5.95. The van der Waals surface area contributed by atoms with Crippen LogP contribution in [0.15, 0.2) is 40.3 Å². The lowest BCUT2D eigenvalue weighted by molar-refractivity contribution is 0.259. The predicted octanol–water partition coefficient (Wildman–Crippen LogP) is 1.45. The van der Waals surface area contributed by atoms with Gasteiger partial charge in [-0.2, -0.15) is 0 Å². The van der Waals surface area contributed by atoms with E-state index in [0.29, 0.717) is 5.16 Å². The number of para-hydroxylation sites is 1. The number of benzene rings is 1. The number of anilines is 1. The highest BCUT2D eigenvalue weighted by Crippen LogP contribution is 2.30. The highest BCUT2D eigenvalue weighted by molar-refractivity contribution is 7.99. The highest BCUT2D eigenvalue weighted by atomic mass is 32.2. The van der Waals surface area contributed by atoms with Gasteiger partial charge in [-0.15, -0.1) is 0 Å². The normalized spacial score (nSPS) is 16.9. The summed E-state index contributed by atoms with van der Waals surface area (Å²) < 4.78 is 5.82. The van der Waals surface area contributed by atoms with E-state index in [0.717, 1.165) is 17.9 Å². The molecule has 0 amide bonds. The van der Waals surface area contributed by atoms with Gasteiger partial charge in [0.05, 0.1) is 0 Å². The summed E-state index contributed by atoms with van der Waals surface area (Å²) in [5.74, 6) is 1.91. The van der Waals surface area contributed by atoms with Crippen LogP contribution < -0.4 is 16.0 Å². The Morgan fingerprint density at radius 1 is 1.47 bits per heavy atom. The van der Waals surface area contributed by atoms with Crippen LogP contribution in [0.4, 0.5) is 5.82 Å². The summed E-state index contributed by atoms with van der Waals surface area (Å²) in [6.07, 6.45) is 0.990. The molecule has 1 aromatic carbocycles. The molecule has 0 aliphatic carbocycles. The Morgan fingerprint density at radius 2 is 2.32 bits per heavy atom. The number of aromatic nitrogens is 2. The summed E-state index contributed by atoms with van der Waals surface area (Å²) in [6.45, 7) is 0. The molecule has 0 fully saturated rings. The molecule has 1 aliphatic heterocycles. The van der Waals surface area contributed by atoms with Gasteiger partial charge in [0.2, 0.25) is 0 Å². The largest absolute Gasteiger partial charge is 0.489 e. The van der Waals surface area contributed by atoms with Crippen LogP contribution in [0.1, 0.15) is 5.56 Å². The van der Waals surface area contributed by atoms with Crippen molar-refractivity contribution < 1.29 is 4.74 Å². The number of fused-ring (bicyclic) bond motifs is 1. The molecule has 3 N–H and O–H groups in total. The maximum absolute atomic E-state index is 11.3. The Kier molecular flexibility index (Phi) is 3.16. The summed E-state index contributed by atoms with van der Waals surface area (Å²) in [5, 5.41) is 0.532. The third kappa shape index (κ3) is 2.73. The van der Waals surface area contributed by atoms with Crippen LogP contribution >= 0.6 is 11.8 Å². The smallest absolute Gasteiger partial charge is 0.253 e. The number of thioether (sulfide) groups is 1. The third-order valence-corrected chi connectivity index (χ3v) is 3.86. The van der Waals surface area contributed by atoms with Crippen LogP contribution in [0.2, 0.25) is 0 Å². The van der Waals surface area contributed by atoms with Gasteiger partial charge in [0.1, 0.15) is 17.7 Å². The van der Waals surface area contributed by atoms with E-state index in [1.54, 1.807) is 0 Å². The molecule has 98 valence electrons. The molecule has 0 radical (unpaired) electrons. The number of ether oxygens (including phenoxy) is 1. The Labute approximate surface area is 114 Å². The van der Waals surface area contributed by atoms with Crippen LogP contribution in [-0.2, 0) is 6.42 Å².